The highest BCUT2D eigenvalue weighted by Crippen LogP contribution is 2.31. The Morgan fingerprint density at radius 3 is 2.69 bits per heavy atom. The molecule has 1 aliphatic heterocycles. The van der Waals surface area contributed by atoms with Gasteiger partial charge in [0.25, 0.3) is 0 Å². The van der Waals surface area contributed by atoms with E-state index in [2.05, 4.69) is 51.2 Å². The number of carboxylic acids is 1. The van der Waals surface area contributed by atoms with E-state index in [1.165, 1.54) is 6.07 Å². The molecule has 0 spiro atoms. The van der Waals surface area contributed by atoms with E-state index in [1.54, 1.807) is 7.05 Å². The predicted octanol–water partition coefficient (Wildman–Crippen LogP) is 3.58. The van der Waals surface area contributed by atoms with Crippen molar-refractivity contribution in [2.24, 2.45) is 15.0 Å². The first kappa shape index (κ1) is 19.8. The minimum absolute atomic E-state index is 0.0137. The van der Waals surface area contributed by atoms with Gasteiger partial charge in [-0.3, -0.25) is 4.99 Å². The summed E-state index contributed by atoms with van der Waals surface area (Å²) in [5, 5.41) is 15.7. The number of hydrogen-bond donors (Lipinski definition) is 3. The molecule has 7 heteroatoms. The first-order chi connectivity index (χ1) is 14.0. The molecule has 0 saturated carbocycles. The molecule has 3 rings (SSSR count). The second-order valence-electron chi connectivity index (χ2n) is 6.24. The number of guanidine groups is 1. The van der Waals surface area contributed by atoms with Crippen molar-refractivity contribution in [3.63, 3.8) is 0 Å². The maximum absolute atomic E-state index is 11.3. The summed E-state index contributed by atoms with van der Waals surface area (Å²) in [5.74, 6) is -0.185. The van der Waals surface area contributed by atoms with Gasteiger partial charge in [-0.05, 0) is 24.6 Å². The molecule has 1 heterocycles. The summed E-state index contributed by atoms with van der Waals surface area (Å²) in [6.07, 6.45) is 0.928. The van der Waals surface area contributed by atoms with Crippen LogP contribution in [-0.4, -0.2) is 42.2 Å². The van der Waals surface area contributed by atoms with Crippen LogP contribution >= 0.6 is 0 Å². The number of nitrogens with one attached hydrogen (secondary N) is 2. The van der Waals surface area contributed by atoms with Gasteiger partial charge < -0.3 is 15.7 Å². The van der Waals surface area contributed by atoms with Crippen molar-refractivity contribution in [3.05, 3.63) is 66.2 Å². The van der Waals surface area contributed by atoms with Crippen LogP contribution in [-0.2, 0) is 0 Å². The van der Waals surface area contributed by atoms with Gasteiger partial charge in [0.15, 0.2) is 5.84 Å². The number of nitrogens with zero attached hydrogens (tertiary/aromatic N) is 3. The number of benzene rings is 1. The highest BCUT2D eigenvalue weighted by Gasteiger charge is 2.24. The lowest BCUT2D eigenvalue weighted by atomic mass is 9.97. The standard InChI is InChI=1S/C22H21N5O2/c1-4-12-24-22(23-3)27-19-14(2)17-11-10-15(21(28)29)13-18(17)26-20(19)25-16-8-6-5-7-9-16/h5-9,13H,2,4,12H2,1,3H3,(H,23,24)(H,25,26)(H,28,29). The van der Waals surface area contributed by atoms with Crippen molar-refractivity contribution in [1.29, 1.82) is 0 Å². The number of para-hydroxylation sites is 1. The molecule has 146 valence electrons. The lowest BCUT2D eigenvalue weighted by Gasteiger charge is -2.20. The van der Waals surface area contributed by atoms with Crippen molar-refractivity contribution in [1.82, 2.24) is 5.32 Å². The zero-order valence-corrected chi connectivity index (χ0v) is 16.3. The van der Waals surface area contributed by atoms with Crippen LogP contribution in [0.4, 0.5) is 11.4 Å². The van der Waals surface area contributed by atoms with E-state index in [0.717, 1.165) is 18.7 Å². The Bertz CT molecular complexity index is 1020. The van der Waals surface area contributed by atoms with Gasteiger partial charge in [-0.2, -0.15) is 0 Å². The maximum atomic E-state index is 11.3. The zero-order valence-electron chi connectivity index (χ0n) is 16.3. The summed E-state index contributed by atoms with van der Waals surface area (Å²) in [4.78, 5) is 24.7. The molecule has 29 heavy (non-hydrogen) atoms. The number of carbonyl (C=O) groups is 1. The van der Waals surface area contributed by atoms with Gasteiger partial charge in [-0.15, -0.1) is 0 Å². The molecule has 0 fully saturated rings. The Morgan fingerprint density at radius 2 is 2.03 bits per heavy atom. The van der Waals surface area contributed by atoms with E-state index in [4.69, 9.17) is 0 Å². The van der Waals surface area contributed by atoms with E-state index in [0.29, 0.717) is 34.3 Å². The normalized spacial score (nSPS) is 14.7. The molecule has 2 aromatic carbocycles. The van der Waals surface area contributed by atoms with Crippen LogP contribution < -0.4 is 10.6 Å². The number of fused-ring (bicyclic) bond motifs is 1. The molecule has 0 bridgehead atoms. The maximum Gasteiger partial charge on any atom is 0.344 e. The lowest BCUT2D eigenvalue weighted by molar-refractivity contribution is 0.0697. The SMILES string of the molecule is C=C1C(=NC(=NC)NCCC)C(Nc2ccccc2)=Nc2cc(C(=O)O)c#cc21. The second kappa shape index (κ2) is 8.85. The van der Waals surface area contributed by atoms with Crippen molar-refractivity contribution >= 4 is 40.4 Å². The number of aliphatic imine (C=N–C) groups is 3. The van der Waals surface area contributed by atoms with Crippen molar-refractivity contribution < 1.29 is 9.90 Å². The lowest BCUT2D eigenvalue weighted by Crippen LogP contribution is -2.31. The molecular weight excluding hydrogens is 366 g/mol. The van der Waals surface area contributed by atoms with Crippen LogP contribution in [0.1, 0.15) is 29.3 Å². The summed E-state index contributed by atoms with van der Waals surface area (Å²) >= 11 is 0. The fourth-order valence-corrected chi connectivity index (χ4v) is 2.68. The van der Waals surface area contributed by atoms with Gasteiger partial charge in [0.2, 0.25) is 5.96 Å². The average molecular weight is 387 g/mol. The number of rotatable bonds is 4. The van der Waals surface area contributed by atoms with Crippen molar-refractivity contribution in [3.8, 4) is 0 Å². The average Bonchev–Trinajstić information content (AvgIpc) is 2.73. The van der Waals surface area contributed by atoms with E-state index in [9.17, 15) is 9.90 Å². The minimum atomic E-state index is -1.09. The quantitative estimate of drug-likeness (QED) is 0.552. The molecule has 0 aliphatic carbocycles. The molecule has 2 aromatic rings. The van der Waals surface area contributed by atoms with E-state index >= 15 is 0 Å². The Balaban J connectivity index is 2.09. The third kappa shape index (κ3) is 4.50. The molecule has 0 saturated heterocycles. The smallest absolute Gasteiger partial charge is 0.344 e. The molecule has 0 unspecified atom stereocenters. The molecule has 1 aliphatic rings. The van der Waals surface area contributed by atoms with E-state index in [-0.39, 0.29) is 5.56 Å². The fourth-order valence-electron chi connectivity index (χ4n) is 2.68. The first-order valence-corrected chi connectivity index (χ1v) is 9.15. The number of aromatic carboxylic acids is 1. The van der Waals surface area contributed by atoms with Crippen LogP contribution in [0.5, 0.6) is 0 Å². The van der Waals surface area contributed by atoms with Crippen LogP contribution in [0.15, 0.2) is 58.0 Å². The third-order valence-electron chi connectivity index (χ3n) is 4.13. The van der Waals surface area contributed by atoms with Crippen LogP contribution in [0.25, 0.3) is 5.57 Å². The third-order valence-corrected chi connectivity index (χ3v) is 4.13. The Hall–Kier alpha value is -3.92. The summed E-state index contributed by atoms with van der Waals surface area (Å²) in [5.41, 5.74) is 2.86. The van der Waals surface area contributed by atoms with E-state index < -0.39 is 5.97 Å². The summed E-state index contributed by atoms with van der Waals surface area (Å²) in [6.45, 7) is 6.92. The molecule has 0 atom stereocenters. The number of anilines is 1. The highest BCUT2D eigenvalue weighted by molar-refractivity contribution is 6.62. The Labute approximate surface area is 169 Å². The van der Waals surface area contributed by atoms with Crippen LogP contribution in [0, 0.1) is 12.1 Å². The van der Waals surface area contributed by atoms with Crippen molar-refractivity contribution in [2.75, 3.05) is 18.9 Å². The molecule has 7 nitrogen and oxygen atoms in total. The number of carboxylic acid groups (broad SMARTS) is 1. The van der Waals surface area contributed by atoms with Crippen LogP contribution in [0.2, 0.25) is 0 Å². The van der Waals surface area contributed by atoms with Crippen molar-refractivity contribution in [2.45, 2.75) is 13.3 Å². The Morgan fingerprint density at radius 1 is 1.28 bits per heavy atom. The number of amidine groups is 1. The largest absolute Gasteiger partial charge is 0.477 e. The van der Waals surface area contributed by atoms with E-state index in [1.807, 2.05) is 30.3 Å². The number of hydrogen-bond acceptors (Lipinski definition) is 4. The first-order valence-electron chi connectivity index (χ1n) is 9.15. The summed E-state index contributed by atoms with van der Waals surface area (Å²) in [7, 11) is 1.65. The molecule has 0 amide bonds. The van der Waals surface area contributed by atoms with Crippen LogP contribution in [0.3, 0.4) is 0 Å². The zero-order chi connectivity index (χ0) is 20.8. The Kier molecular flexibility index (Phi) is 6.05. The fraction of sp³-hybridized carbons (Fsp3) is 0.182. The van der Waals surface area contributed by atoms with Gasteiger partial charge in [0.1, 0.15) is 11.3 Å². The molecule has 0 radical (unpaired) electrons. The second-order valence-corrected chi connectivity index (χ2v) is 6.24. The van der Waals surface area contributed by atoms with Gasteiger partial charge in [-0.1, -0.05) is 43.8 Å². The summed E-state index contributed by atoms with van der Waals surface area (Å²) < 4.78 is 0. The van der Waals surface area contributed by atoms with Gasteiger partial charge in [0, 0.05) is 24.9 Å². The topological polar surface area (TPSA) is 98.4 Å². The molecular formula is C22H21N5O2. The predicted molar refractivity (Wildman–Crippen MR) is 116 cm³/mol. The van der Waals surface area contributed by atoms with Gasteiger partial charge in [-0.25, -0.2) is 14.8 Å². The molecule has 3 N–H and O–H groups in total. The summed E-state index contributed by atoms with van der Waals surface area (Å²) in [6, 6.07) is 16.5. The van der Waals surface area contributed by atoms with Gasteiger partial charge in [0.05, 0.1) is 11.3 Å². The minimum Gasteiger partial charge on any atom is -0.477 e. The highest BCUT2D eigenvalue weighted by atomic mass is 16.4. The molecule has 0 aromatic heterocycles. The van der Waals surface area contributed by atoms with Gasteiger partial charge >= 0.3 is 5.97 Å². The monoisotopic (exact) mass is 387 g/mol.